The fraction of sp³-hybridized carbons (Fsp3) is 0.579. The Morgan fingerprint density at radius 1 is 1.04 bits per heavy atom. The SMILES string of the molecule is CCCCN1C(=O)C(=Cc2ccco2)C(=O)N(CCCC)C1(C)C. The number of unbranched alkanes of at least 4 members (excludes halogenated alkanes) is 2. The number of amides is 2. The lowest BCUT2D eigenvalue weighted by molar-refractivity contribution is -0.160. The quantitative estimate of drug-likeness (QED) is 0.565. The summed E-state index contributed by atoms with van der Waals surface area (Å²) in [5.41, 5.74) is -0.421. The van der Waals surface area contributed by atoms with Gasteiger partial charge in [-0.05, 0) is 44.9 Å². The second-order valence-corrected chi connectivity index (χ2v) is 6.69. The molecule has 1 fully saturated rings. The van der Waals surface area contributed by atoms with Gasteiger partial charge in [-0.3, -0.25) is 9.59 Å². The molecular weight excluding hydrogens is 304 g/mol. The van der Waals surface area contributed by atoms with E-state index in [9.17, 15) is 9.59 Å². The molecule has 1 aliphatic heterocycles. The van der Waals surface area contributed by atoms with E-state index in [2.05, 4.69) is 13.8 Å². The molecule has 0 aliphatic carbocycles. The highest BCUT2D eigenvalue weighted by molar-refractivity contribution is 6.23. The zero-order valence-electron chi connectivity index (χ0n) is 15.2. The van der Waals surface area contributed by atoms with Crippen LogP contribution in [0.5, 0.6) is 0 Å². The summed E-state index contributed by atoms with van der Waals surface area (Å²) in [6, 6.07) is 3.50. The van der Waals surface area contributed by atoms with E-state index in [1.807, 2.05) is 23.6 Å². The number of carbonyl (C=O) groups is 2. The molecule has 24 heavy (non-hydrogen) atoms. The van der Waals surface area contributed by atoms with E-state index in [0.717, 1.165) is 25.7 Å². The van der Waals surface area contributed by atoms with Crippen LogP contribution >= 0.6 is 0 Å². The van der Waals surface area contributed by atoms with Gasteiger partial charge in [0.2, 0.25) is 0 Å². The number of hydrogen-bond acceptors (Lipinski definition) is 3. The topological polar surface area (TPSA) is 53.8 Å². The Morgan fingerprint density at radius 3 is 2.00 bits per heavy atom. The first kappa shape index (κ1) is 18.3. The number of hydrogen-bond donors (Lipinski definition) is 0. The van der Waals surface area contributed by atoms with Crippen molar-refractivity contribution >= 4 is 17.9 Å². The average Bonchev–Trinajstić information content (AvgIpc) is 3.04. The largest absolute Gasteiger partial charge is 0.465 e. The van der Waals surface area contributed by atoms with Crippen LogP contribution in [0, 0.1) is 0 Å². The van der Waals surface area contributed by atoms with Crippen molar-refractivity contribution in [2.45, 2.75) is 59.0 Å². The predicted octanol–water partition coefficient (Wildman–Crippen LogP) is 3.67. The number of furan rings is 1. The molecular formula is C19H28N2O3. The van der Waals surface area contributed by atoms with Gasteiger partial charge in [-0.1, -0.05) is 26.7 Å². The van der Waals surface area contributed by atoms with Crippen LogP contribution in [0.15, 0.2) is 28.4 Å². The molecule has 2 amide bonds. The molecule has 0 saturated carbocycles. The van der Waals surface area contributed by atoms with E-state index in [-0.39, 0.29) is 17.4 Å². The maximum atomic E-state index is 13.0. The van der Waals surface area contributed by atoms with E-state index in [4.69, 9.17) is 4.42 Å². The van der Waals surface area contributed by atoms with Crippen LogP contribution in [0.4, 0.5) is 0 Å². The van der Waals surface area contributed by atoms with Crippen molar-refractivity contribution in [2.75, 3.05) is 13.1 Å². The van der Waals surface area contributed by atoms with Gasteiger partial charge in [0.25, 0.3) is 11.8 Å². The molecule has 0 aromatic carbocycles. The molecule has 0 unspecified atom stereocenters. The number of carbonyl (C=O) groups excluding carboxylic acids is 2. The van der Waals surface area contributed by atoms with Gasteiger partial charge in [-0.2, -0.15) is 0 Å². The van der Waals surface area contributed by atoms with Gasteiger partial charge in [0.05, 0.1) is 6.26 Å². The van der Waals surface area contributed by atoms with Gasteiger partial charge in [0, 0.05) is 13.1 Å². The molecule has 5 heteroatoms. The van der Waals surface area contributed by atoms with Crippen molar-refractivity contribution in [3.63, 3.8) is 0 Å². The van der Waals surface area contributed by atoms with Crippen molar-refractivity contribution in [2.24, 2.45) is 0 Å². The van der Waals surface area contributed by atoms with Gasteiger partial charge in [0.15, 0.2) is 0 Å². The van der Waals surface area contributed by atoms with Crippen LogP contribution in [0.2, 0.25) is 0 Å². The van der Waals surface area contributed by atoms with Crippen LogP contribution in [0.3, 0.4) is 0 Å². The normalized spacial score (nSPS) is 17.6. The highest BCUT2D eigenvalue weighted by atomic mass is 16.3. The minimum absolute atomic E-state index is 0.191. The second-order valence-electron chi connectivity index (χ2n) is 6.69. The third-order valence-corrected chi connectivity index (χ3v) is 4.57. The van der Waals surface area contributed by atoms with Crippen molar-refractivity contribution in [3.05, 3.63) is 29.7 Å². The van der Waals surface area contributed by atoms with Gasteiger partial charge < -0.3 is 14.2 Å². The summed E-state index contributed by atoms with van der Waals surface area (Å²) in [6.45, 7) is 9.40. The maximum absolute atomic E-state index is 13.0. The summed E-state index contributed by atoms with van der Waals surface area (Å²) in [7, 11) is 0. The summed E-state index contributed by atoms with van der Waals surface area (Å²) in [5, 5.41) is 0. The summed E-state index contributed by atoms with van der Waals surface area (Å²) in [4.78, 5) is 29.6. The Morgan fingerprint density at radius 2 is 1.58 bits per heavy atom. The van der Waals surface area contributed by atoms with Crippen molar-refractivity contribution in [3.8, 4) is 0 Å². The van der Waals surface area contributed by atoms with E-state index in [1.54, 1.807) is 18.2 Å². The van der Waals surface area contributed by atoms with Crippen molar-refractivity contribution in [1.29, 1.82) is 0 Å². The summed E-state index contributed by atoms with van der Waals surface area (Å²) in [6.07, 6.45) is 6.94. The zero-order chi connectivity index (χ0) is 17.7. The van der Waals surface area contributed by atoms with Crippen LogP contribution < -0.4 is 0 Å². The first-order valence-electron chi connectivity index (χ1n) is 8.82. The smallest absolute Gasteiger partial charge is 0.261 e. The minimum Gasteiger partial charge on any atom is -0.465 e. The molecule has 5 nitrogen and oxygen atoms in total. The van der Waals surface area contributed by atoms with Crippen LogP contribution in [0.25, 0.3) is 6.08 Å². The van der Waals surface area contributed by atoms with E-state index < -0.39 is 5.66 Å². The van der Waals surface area contributed by atoms with Gasteiger partial charge in [-0.25, -0.2) is 0 Å². The fourth-order valence-corrected chi connectivity index (χ4v) is 3.05. The Balaban J connectivity index is 2.41. The molecule has 1 aliphatic rings. The molecule has 0 radical (unpaired) electrons. The van der Waals surface area contributed by atoms with Crippen LogP contribution in [0.1, 0.15) is 59.1 Å². The van der Waals surface area contributed by atoms with Crippen molar-refractivity contribution < 1.29 is 14.0 Å². The lowest BCUT2D eigenvalue weighted by Gasteiger charge is -2.50. The first-order valence-corrected chi connectivity index (χ1v) is 8.82. The van der Waals surface area contributed by atoms with Crippen LogP contribution in [-0.4, -0.2) is 40.4 Å². The Labute approximate surface area is 144 Å². The Hall–Kier alpha value is -2.04. The highest BCUT2D eigenvalue weighted by Crippen LogP contribution is 2.31. The molecule has 132 valence electrons. The summed E-state index contributed by atoms with van der Waals surface area (Å²) < 4.78 is 5.30. The maximum Gasteiger partial charge on any atom is 0.261 e. The van der Waals surface area contributed by atoms with Gasteiger partial charge in [-0.15, -0.1) is 0 Å². The van der Waals surface area contributed by atoms with Gasteiger partial charge in [0.1, 0.15) is 17.0 Å². The first-order chi connectivity index (χ1) is 11.4. The molecule has 2 rings (SSSR count). The molecule has 2 heterocycles. The third kappa shape index (κ3) is 3.55. The third-order valence-electron chi connectivity index (χ3n) is 4.57. The molecule has 0 N–H and O–H groups in total. The van der Waals surface area contributed by atoms with Crippen LogP contribution in [-0.2, 0) is 9.59 Å². The van der Waals surface area contributed by atoms with Crippen molar-refractivity contribution in [1.82, 2.24) is 9.80 Å². The second kappa shape index (κ2) is 7.69. The lowest BCUT2D eigenvalue weighted by Crippen LogP contribution is -2.66. The number of rotatable bonds is 7. The van der Waals surface area contributed by atoms with Gasteiger partial charge >= 0.3 is 0 Å². The molecule has 1 aromatic rings. The fourth-order valence-electron chi connectivity index (χ4n) is 3.05. The molecule has 0 bridgehead atoms. The lowest BCUT2D eigenvalue weighted by atomic mass is 9.98. The van der Waals surface area contributed by atoms with E-state index in [0.29, 0.717) is 18.8 Å². The summed E-state index contributed by atoms with van der Waals surface area (Å²) >= 11 is 0. The average molecular weight is 332 g/mol. The number of nitrogens with zero attached hydrogens (tertiary/aromatic N) is 2. The molecule has 1 aromatic heterocycles. The van der Waals surface area contributed by atoms with E-state index in [1.165, 1.54) is 6.26 Å². The zero-order valence-corrected chi connectivity index (χ0v) is 15.2. The Bertz CT molecular complexity index is 570. The molecule has 0 atom stereocenters. The Kier molecular flexibility index (Phi) is 5.86. The van der Waals surface area contributed by atoms with E-state index >= 15 is 0 Å². The summed E-state index contributed by atoms with van der Waals surface area (Å²) in [5.74, 6) is 0.113. The minimum atomic E-state index is -0.612. The molecule has 0 spiro atoms. The standard InChI is InChI=1S/C19H28N2O3/c1-5-7-11-20-17(22)16(14-15-10-9-13-24-15)18(23)21(12-8-6-2)19(20,3)4/h9-10,13-14H,5-8,11-12H2,1-4H3. The monoisotopic (exact) mass is 332 g/mol. The predicted molar refractivity (Wildman–Crippen MR) is 94.0 cm³/mol. The highest BCUT2D eigenvalue weighted by Gasteiger charge is 2.47. The molecule has 1 saturated heterocycles.